The van der Waals surface area contributed by atoms with E-state index < -0.39 is 0 Å². The predicted octanol–water partition coefficient (Wildman–Crippen LogP) is 2.66. The Kier molecular flexibility index (Phi) is 6.49. The molecule has 2 rings (SSSR count). The lowest BCUT2D eigenvalue weighted by Gasteiger charge is -2.09. The van der Waals surface area contributed by atoms with E-state index in [1.165, 1.54) is 0 Å². The van der Waals surface area contributed by atoms with Crippen LogP contribution in [-0.4, -0.2) is 24.2 Å². The summed E-state index contributed by atoms with van der Waals surface area (Å²) in [5.74, 6) is 0.943. The van der Waals surface area contributed by atoms with E-state index in [1.807, 2.05) is 37.3 Å². The van der Waals surface area contributed by atoms with Crippen LogP contribution < -0.4 is 15.8 Å². The molecule has 0 aliphatic heterocycles. The van der Waals surface area contributed by atoms with Gasteiger partial charge in [0.25, 0.3) is 0 Å². The molecule has 0 fully saturated rings. The summed E-state index contributed by atoms with van der Waals surface area (Å²) >= 11 is 0. The molecule has 0 unspecified atom stereocenters. The number of amides is 1. The van der Waals surface area contributed by atoms with Gasteiger partial charge in [0.15, 0.2) is 0 Å². The van der Waals surface area contributed by atoms with Gasteiger partial charge >= 0.3 is 0 Å². The van der Waals surface area contributed by atoms with Crippen molar-refractivity contribution in [2.24, 2.45) is 0 Å². The number of phenolic OH excluding ortho intramolecular Hbond substituents is 1. The van der Waals surface area contributed by atoms with Crippen molar-refractivity contribution < 1.29 is 14.6 Å². The number of phenols is 1. The van der Waals surface area contributed by atoms with E-state index in [1.54, 1.807) is 12.1 Å². The number of hydrogen-bond acceptors (Lipinski definition) is 4. The minimum Gasteiger partial charge on any atom is -0.508 e. The second-order valence-corrected chi connectivity index (χ2v) is 5.57. The number of hydrogen-bond donors (Lipinski definition) is 3. The van der Waals surface area contributed by atoms with Gasteiger partial charge in [0.1, 0.15) is 11.5 Å². The third-order valence-electron chi connectivity index (χ3n) is 3.69. The van der Waals surface area contributed by atoms with E-state index in [-0.39, 0.29) is 11.7 Å². The van der Waals surface area contributed by atoms with E-state index in [0.29, 0.717) is 37.4 Å². The van der Waals surface area contributed by atoms with Crippen molar-refractivity contribution in [2.75, 3.05) is 18.9 Å². The van der Waals surface area contributed by atoms with Gasteiger partial charge in [-0.15, -0.1) is 0 Å². The van der Waals surface area contributed by atoms with E-state index in [9.17, 15) is 9.90 Å². The smallest absolute Gasteiger partial charge is 0.220 e. The first-order chi connectivity index (χ1) is 11.6. The molecule has 0 saturated carbocycles. The number of rotatable bonds is 8. The van der Waals surface area contributed by atoms with Crippen LogP contribution in [-0.2, 0) is 17.6 Å². The standard InChI is InChI=1S/C19H24N2O3/c1-2-24-18-9-5-15(13-17(18)20)6-10-19(23)21-12-11-14-3-7-16(22)8-4-14/h3-5,7-9,13,22H,2,6,10-12,20H2,1H3,(H,21,23). The Morgan fingerprint density at radius 3 is 2.50 bits per heavy atom. The fraction of sp³-hybridized carbons (Fsp3) is 0.316. The molecule has 0 aliphatic rings. The topological polar surface area (TPSA) is 84.6 Å². The van der Waals surface area contributed by atoms with Crippen molar-refractivity contribution in [3.8, 4) is 11.5 Å². The minimum absolute atomic E-state index is 0.0150. The summed E-state index contributed by atoms with van der Waals surface area (Å²) in [4.78, 5) is 11.9. The summed E-state index contributed by atoms with van der Waals surface area (Å²) in [7, 11) is 0. The van der Waals surface area contributed by atoms with Gasteiger partial charge < -0.3 is 20.9 Å². The van der Waals surface area contributed by atoms with Gasteiger partial charge in [0, 0.05) is 13.0 Å². The average molecular weight is 328 g/mol. The van der Waals surface area contributed by atoms with Crippen LogP contribution in [0.15, 0.2) is 42.5 Å². The zero-order chi connectivity index (χ0) is 17.4. The summed E-state index contributed by atoms with van der Waals surface area (Å²) in [6.07, 6.45) is 1.80. The molecule has 0 saturated heterocycles. The summed E-state index contributed by atoms with van der Waals surface area (Å²) in [5, 5.41) is 12.1. The molecule has 5 heteroatoms. The second-order valence-electron chi connectivity index (χ2n) is 5.57. The van der Waals surface area contributed by atoms with Gasteiger partial charge in [-0.3, -0.25) is 4.79 Å². The SMILES string of the molecule is CCOc1ccc(CCC(=O)NCCc2ccc(O)cc2)cc1N. The highest BCUT2D eigenvalue weighted by Gasteiger charge is 2.05. The van der Waals surface area contributed by atoms with Crippen molar-refractivity contribution in [1.29, 1.82) is 0 Å². The number of carbonyl (C=O) groups is 1. The fourth-order valence-corrected chi connectivity index (χ4v) is 2.40. The van der Waals surface area contributed by atoms with Crippen molar-refractivity contribution in [3.05, 3.63) is 53.6 Å². The number of anilines is 1. The Balaban J connectivity index is 1.72. The van der Waals surface area contributed by atoms with Crippen molar-refractivity contribution in [1.82, 2.24) is 5.32 Å². The first kappa shape index (κ1) is 17.7. The van der Waals surface area contributed by atoms with Crippen molar-refractivity contribution in [2.45, 2.75) is 26.2 Å². The average Bonchev–Trinajstić information content (AvgIpc) is 2.57. The summed E-state index contributed by atoms with van der Waals surface area (Å²) < 4.78 is 5.40. The van der Waals surface area contributed by atoms with Gasteiger partial charge in [-0.2, -0.15) is 0 Å². The van der Waals surface area contributed by atoms with Gasteiger partial charge in [0.05, 0.1) is 12.3 Å². The first-order valence-corrected chi connectivity index (χ1v) is 8.14. The number of nitrogen functional groups attached to an aromatic ring is 1. The Labute approximate surface area is 142 Å². The van der Waals surface area contributed by atoms with Crippen LogP contribution in [0.5, 0.6) is 11.5 Å². The summed E-state index contributed by atoms with van der Waals surface area (Å²) in [5.41, 5.74) is 8.62. The molecule has 0 heterocycles. The molecule has 0 atom stereocenters. The lowest BCUT2D eigenvalue weighted by Crippen LogP contribution is -2.25. The van der Waals surface area contributed by atoms with E-state index >= 15 is 0 Å². The predicted molar refractivity (Wildman–Crippen MR) is 95.2 cm³/mol. The molecule has 0 aromatic heterocycles. The molecule has 0 spiro atoms. The second kappa shape index (κ2) is 8.82. The quantitative estimate of drug-likeness (QED) is 0.650. The van der Waals surface area contributed by atoms with Crippen LogP contribution in [0, 0.1) is 0 Å². The number of nitrogens with one attached hydrogen (secondary N) is 1. The molecule has 24 heavy (non-hydrogen) atoms. The molecule has 5 nitrogen and oxygen atoms in total. The number of carbonyl (C=O) groups excluding carboxylic acids is 1. The Morgan fingerprint density at radius 1 is 1.12 bits per heavy atom. The zero-order valence-electron chi connectivity index (χ0n) is 13.9. The molecule has 4 N–H and O–H groups in total. The highest BCUT2D eigenvalue weighted by Crippen LogP contribution is 2.23. The van der Waals surface area contributed by atoms with Crippen LogP contribution in [0.4, 0.5) is 5.69 Å². The highest BCUT2D eigenvalue weighted by atomic mass is 16.5. The van der Waals surface area contributed by atoms with Crippen LogP contribution in [0.1, 0.15) is 24.5 Å². The largest absolute Gasteiger partial charge is 0.508 e. The molecule has 0 aliphatic carbocycles. The third kappa shape index (κ3) is 5.50. The van der Waals surface area contributed by atoms with E-state index in [0.717, 1.165) is 17.5 Å². The monoisotopic (exact) mass is 328 g/mol. The van der Waals surface area contributed by atoms with Gasteiger partial charge in [-0.1, -0.05) is 18.2 Å². The van der Waals surface area contributed by atoms with Crippen molar-refractivity contribution >= 4 is 11.6 Å². The van der Waals surface area contributed by atoms with E-state index in [4.69, 9.17) is 10.5 Å². The molecular weight excluding hydrogens is 304 g/mol. The molecule has 0 radical (unpaired) electrons. The number of aromatic hydroxyl groups is 1. The minimum atomic E-state index is 0.0150. The van der Waals surface area contributed by atoms with Crippen LogP contribution >= 0.6 is 0 Å². The molecule has 128 valence electrons. The van der Waals surface area contributed by atoms with Gasteiger partial charge in [0.2, 0.25) is 5.91 Å². The third-order valence-corrected chi connectivity index (χ3v) is 3.69. The lowest BCUT2D eigenvalue weighted by atomic mass is 10.1. The maximum atomic E-state index is 11.9. The molecular formula is C19H24N2O3. The molecule has 0 bridgehead atoms. The zero-order valence-corrected chi connectivity index (χ0v) is 13.9. The first-order valence-electron chi connectivity index (χ1n) is 8.14. The highest BCUT2D eigenvalue weighted by molar-refractivity contribution is 5.76. The summed E-state index contributed by atoms with van der Waals surface area (Å²) in [6, 6.07) is 12.6. The number of aryl methyl sites for hydroxylation is 1. The van der Waals surface area contributed by atoms with Gasteiger partial charge in [-0.25, -0.2) is 0 Å². The Bertz CT molecular complexity index is 669. The normalized spacial score (nSPS) is 10.4. The molecule has 2 aromatic rings. The number of benzene rings is 2. The van der Waals surface area contributed by atoms with Crippen LogP contribution in [0.25, 0.3) is 0 Å². The van der Waals surface area contributed by atoms with Gasteiger partial charge in [-0.05, 0) is 55.2 Å². The molecule has 2 aromatic carbocycles. The fourth-order valence-electron chi connectivity index (χ4n) is 2.40. The molecule has 1 amide bonds. The maximum absolute atomic E-state index is 11.9. The van der Waals surface area contributed by atoms with Crippen molar-refractivity contribution in [3.63, 3.8) is 0 Å². The summed E-state index contributed by atoms with van der Waals surface area (Å²) in [6.45, 7) is 3.07. The van der Waals surface area contributed by atoms with Crippen LogP contribution in [0.3, 0.4) is 0 Å². The number of ether oxygens (including phenoxy) is 1. The van der Waals surface area contributed by atoms with Crippen LogP contribution in [0.2, 0.25) is 0 Å². The Morgan fingerprint density at radius 2 is 1.83 bits per heavy atom. The maximum Gasteiger partial charge on any atom is 0.220 e. The lowest BCUT2D eigenvalue weighted by molar-refractivity contribution is -0.121. The van der Waals surface area contributed by atoms with E-state index in [2.05, 4.69) is 5.32 Å². The Hall–Kier alpha value is -2.69. The number of nitrogens with two attached hydrogens (primary N) is 1.